The van der Waals surface area contributed by atoms with Crippen LogP contribution in [0.5, 0.6) is 5.75 Å². The molecule has 0 bridgehead atoms. The Labute approximate surface area is 163 Å². The number of carbonyl (C=O) groups is 1. The molecule has 28 heavy (non-hydrogen) atoms. The highest BCUT2D eigenvalue weighted by molar-refractivity contribution is 5.84. The van der Waals surface area contributed by atoms with Crippen LogP contribution in [0, 0.1) is 11.3 Å². The minimum atomic E-state index is -0.951. The molecule has 0 radical (unpaired) electrons. The van der Waals surface area contributed by atoms with E-state index in [-0.39, 0.29) is 18.6 Å². The first kappa shape index (κ1) is 18.0. The lowest BCUT2D eigenvalue weighted by Gasteiger charge is -2.12. The van der Waals surface area contributed by atoms with Gasteiger partial charge in [0.2, 0.25) is 6.10 Å². The van der Waals surface area contributed by atoms with E-state index >= 15 is 0 Å². The van der Waals surface area contributed by atoms with Gasteiger partial charge in [0.15, 0.2) is 0 Å². The highest BCUT2D eigenvalue weighted by atomic mass is 16.6. The van der Waals surface area contributed by atoms with Crippen LogP contribution in [0.3, 0.4) is 0 Å². The number of methoxy groups -OCH3 is 1. The Kier molecular flexibility index (Phi) is 4.96. The van der Waals surface area contributed by atoms with Gasteiger partial charge in [0, 0.05) is 5.56 Å². The van der Waals surface area contributed by atoms with E-state index in [0.717, 1.165) is 22.1 Å². The van der Waals surface area contributed by atoms with E-state index in [4.69, 9.17) is 14.2 Å². The minimum Gasteiger partial charge on any atom is -0.497 e. The van der Waals surface area contributed by atoms with Crippen LogP contribution in [0.2, 0.25) is 0 Å². The molecule has 0 amide bonds. The highest BCUT2D eigenvalue weighted by Gasteiger charge is 2.42. The number of fused-ring (bicyclic) bond motifs is 1. The minimum absolute atomic E-state index is 0.0788. The van der Waals surface area contributed by atoms with Crippen LogP contribution < -0.4 is 4.74 Å². The molecule has 3 aromatic carbocycles. The molecule has 0 saturated carbocycles. The summed E-state index contributed by atoms with van der Waals surface area (Å²) in [6.07, 6.45) is -1.10. The fourth-order valence-corrected chi connectivity index (χ4v) is 3.28. The fourth-order valence-electron chi connectivity index (χ4n) is 3.28. The molecule has 140 valence electrons. The van der Waals surface area contributed by atoms with Gasteiger partial charge in [-0.25, -0.2) is 0 Å². The lowest BCUT2D eigenvalue weighted by Crippen LogP contribution is -2.12. The van der Waals surface area contributed by atoms with Gasteiger partial charge in [0.25, 0.3) is 0 Å². The summed E-state index contributed by atoms with van der Waals surface area (Å²) in [5.41, 5.74) is 1.69. The van der Waals surface area contributed by atoms with Crippen molar-refractivity contribution in [3.63, 3.8) is 0 Å². The van der Waals surface area contributed by atoms with Crippen molar-refractivity contribution >= 4 is 16.7 Å². The fraction of sp³-hybridized carbons (Fsp3) is 0.217. The van der Waals surface area contributed by atoms with Gasteiger partial charge in [-0.1, -0.05) is 48.5 Å². The molecule has 4 rings (SSSR count). The van der Waals surface area contributed by atoms with E-state index in [1.807, 2.05) is 60.7 Å². The largest absolute Gasteiger partial charge is 0.497 e. The highest BCUT2D eigenvalue weighted by Crippen LogP contribution is 2.41. The molecule has 0 spiro atoms. The predicted molar refractivity (Wildman–Crippen MR) is 104 cm³/mol. The zero-order valence-electron chi connectivity index (χ0n) is 15.4. The molecule has 0 aliphatic carbocycles. The van der Waals surface area contributed by atoms with Crippen molar-refractivity contribution in [2.75, 3.05) is 7.11 Å². The van der Waals surface area contributed by atoms with Gasteiger partial charge in [-0.15, -0.1) is 0 Å². The van der Waals surface area contributed by atoms with Crippen molar-refractivity contribution in [2.24, 2.45) is 0 Å². The number of hydrogen-bond donors (Lipinski definition) is 0. The number of nitrogens with zero attached hydrogens (tertiary/aromatic N) is 1. The maximum absolute atomic E-state index is 12.3. The molecule has 1 aliphatic heterocycles. The molecule has 1 heterocycles. The summed E-state index contributed by atoms with van der Waals surface area (Å²) in [5, 5.41) is 11.4. The number of nitriles is 1. The first-order valence-corrected chi connectivity index (χ1v) is 9.05. The Bertz CT molecular complexity index is 1040. The van der Waals surface area contributed by atoms with Crippen LogP contribution in [0.15, 0.2) is 66.7 Å². The van der Waals surface area contributed by atoms with Gasteiger partial charge in [-0.2, -0.15) is 5.26 Å². The summed E-state index contributed by atoms with van der Waals surface area (Å²) < 4.78 is 16.2. The zero-order valence-corrected chi connectivity index (χ0v) is 15.4. The molecule has 1 aliphatic rings. The quantitative estimate of drug-likeness (QED) is 0.470. The van der Waals surface area contributed by atoms with Crippen molar-refractivity contribution in [3.8, 4) is 11.8 Å². The van der Waals surface area contributed by atoms with E-state index in [2.05, 4.69) is 6.07 Å². The van der Waals surface area contributed by atoms with Gasteiger partial charge < -0.3 is 14.2 Å². The second-order valence-corrected chi connectivity index (χ2v) is 6.68. The maximum atomic E-state index is 12.3. The van der Waals surface area contributed by atoms with Crippen LogP contribution >= 0.6 is 0 Å². The van der Waals surface area contributed by atoms with Gasteiger partial charge in [0.05, 0.1) is 19.6 Å². The standard InChI is InChI=1S/C23H19NO4/c1-26-19-10-9-16-11-18(8-7-17(16)12-19)21(14-24)27-22(25)13-20-23(28-20)15-5-3-2-4-6-15/h2-12,20-21,23H,13H2,1H3/t20-,21-,23-/m0/s1. The molecular weight excluding hydrogens is 354 g/mol. The second kappa shape index (κ2) is 7.71. The molecule has 5 nitrogen and oxygen atoms in total. The van der Waals surface area contributed by atoms with Crippen molar-refractivity contribution in [2.45, 2.75) is 24.7 Å². The number of carbonyl (C=O) groups excluding carboxylic acids is 1. The van der Waals surface area contributed by atoms with E-state index in [0.29, 0.717) is 5.56 Å². The molecule has 5 heteroatoms. The smallest absolute Gasteiger partial charge is 0.310 e. The number of rotatable bonds is 6. The summed E-state index contributed by atoms with van der Waals surface area (Å²) in [6.45, 7) is 0. The van der Waals surface area contributed by atoms with Crippen LogP contribution in [0.25, 0.3) is 10.8 Å². The Balaban J connectivity index is 1.41. The average Bonchev–Trinajstić information content (AvgIpc) is 3.50. The van der Waals surface area contributed by atoms with Crippen molar-refractivity contribution < 1.29 is 19.0 Å². The first-order valence-electron chi connectivity index (χ1n) is 9.05. The molecule has 1 fully saturated rings. The van der Waals surface area contributed by atoms with E-state index in [1.165, 1.54) is 0 Å². The number of benzene rings is 3. The Morgan fingerprint density at radius 1 is 1.11 bits per heavy atom. The van der Waals surface area contributed by atoms with Crippen molar-refractivity contribution in [3.05, 3.63) is 77.9 Å². The van der Waals surface area contributed by atoms with Crippen molar-refractivity contribution in [1.29, 1.82) is 5.26 Å². The predicted octanol–water partition coefficient (Wildman–Crippen LogP) is 4.49. The van der Waals surface area contributed by atoms with Crippen molar-refractivity contribution in [1.82, 2.24) is 0 Å². The first-order chi connectivity index (χ1) is 13.7. The summed E-state index contributed by atoms with van der Waals surface area (Å²) in [4.78, 5) is 12.3. The van der Waals surface area contributed by atoms with E-state index in [9.17, 15) is 10.1 Å². The van der Waals surface area contributed by atoms with Gasteiger partial charge in [-0.3, -0.25) is 4.79 Å². The summed E-state index contributed by atoms with van der Waals surface area (Å²) >= 11 is 0. The topological polar surface area (TPSA) is 71.8 Å². The number of ether oxygens (including phenoxy) is 3. The zero-order chi connectivity index (χ0) is 19.5. The van der Waals surface area contributed by atoms with Crippen LogP contribution in [0.4, 0.5) is 0 Å². The maximum Gasteiger partial charge on any atom is 0.310 e. The van der Waals surface area contributed by atoms with Crippen LogP contribution in [0.1, 0.15) is 29.8 Å². The molecule has 0 unspecified atom stereocenters. The molecule has 0 N–H and O–H groups in total. The monoisotopic (exact) mass is 373 g/mol. The normalized spacial score (nSPS) is 18.9. The SMILES string of the molecule is COc1ccc2cc([C@H](C#N)OC(=O)C[C@@H]3O[C@H]3c3ccccc3)ccc2c1. The van der Waals surface area contributed by atoms with Gasteiger partial charge in [-0.05, 0) is 34.5 Å². The number of epoxide rings is 1. The van der Waals surface area contributed by atoms with Gasteiger partial charge in [0.1, 0.15) is 17.9 Å². The summed E-state index contributed by atoms with van der Waals surface area (Å²) in [7, 11) is 1.62. The molecule has 3 atom stereocenters. The molecule has 1 saturated heterocycles. The Morgan fingerprint density at radius 3 is 2.61 bits per heavy atom. The third kappa shape index (κ3) is 3.83. The molecule has 0 aromatic heterocycles. The second-order valence-electron chi connectivity index (χ2n) is 6.68. The van der Waals surface area contributed by atoms with Crippen LogP contribution in [-0.2, 0) is 14.3 Å². The summed E-state index contributed by atoms with van der Waals surface area (Å²) in [5.74, 6) is 0.325. The summed E-state index contributed by atoms with van der Waals surface area (Å²) in [6, 6.07) is 23.0. The number of esters is 1. The lowest BCUT2D eigenvalue weighted by atomic mass is 10.0. The van der Waals surface area contributed by atoms with E-state index in [1.54, 1.807) is 13.2 Å². The number of hydrogen-bond acceptors (Lipinski definition) is 5. The Morgan fingerprint density at radius 2 is 1.86 bits per heavy atom. The third-order valence-electron chi connectivity index (χ3n) is 4.82. The van der Waals surface area contributed by atoms with Crippen LogP contribution in [-0.4, -0.2) is 19.2 Å². The molecular formula is C23H19NO4. The van der Waals surface area contributed by atoms with Gasteiger partial charge >= 0.3 is 5.97 Å². The van der Waals surface area contributed by atoms with E-state index < -0.39 is 12.1 Å². The molecule has 3 aromatic rings. The third-order valence-corrected chi connectivity index (χ3v) is 4.82. The average molecular weight is 373 g/mol. The Hall–Kier alpha value is -3.36. The lowest BCUT2D eigenvalue weighted by molar-refractivity contribution is -0.147.